The molecule has 1 aliphatic heterocycles. The van der Waals surface area contributed by atoms with Crippen LogP contribution in [0.4, 0.5) is 5.69 Å². The molecule has 0 saturated heterocycles. The van der Waals surface area contributed by atoms with Crippen molar-refractivity contribution >= 4 is 28.3 Å². The lowest BCUT2D eigenvalue weighted by molar-refractivity contribution is -0.119. The molecule has 142 valence electrons. The Morgan fingerprint density at radius 2 is 1.82 bits per heavy atom. The van der Waals surface area contributed by atoms with Crippen LogP contribution in [0, 0.1) is 0 Å². The van der Waals surface area contributed by atoms with Gasteiger partial charge in [-0.2, -0.15) is 0 Å². The maximum atomic E-state index is 12.7. The molecule has 1 N–H and O–H groups in total. The van der Waals surface area contributed by atoms with Crippen LogP contribution in [-0.2, 0) is 11.2 Å². The molecule has 3 aromatic carbocycles. The van der Waals surface area contributed by atoms with Gasteiger partial charge in [-0.25, -0.2) is 0 Å². The number of hydrogen-bond acceptors (Lipinski definition) is 3. The summed E-state index contributed by atoms with van der Waals surface area (Å²) in [4.78, 5) is 26.7. The molecule has 0 aromatic heterocycles. The van der Waals surface area contributed by atoms with Crippen LogP contribution in [0.2, 0.25) is 0 Å². The van der Waals surface area contributed by atoms with E-state index in [4.69, 9.17) is 4.74 Å². The predicted octanol–water partition coefficient (Wildman–Crippen LogP) is 3.56. The van der Waals surface area contributed by atoms with Gasteiger partial charge >= 0.3 is 0 Å². The van der Waals surface area contributed by atoms with Crippen LogP contribution < -0.4 is 15.0 Å². The molecule has 5 nitrogen and oxygen atoms in total. The van der Waals surface area contributed by atoms with Crippen LogP contribution in [0.3, 0.4) is 0 Å². The Bertz CT molecular complexity index is 1040. The standard InChI is InChI=1S/C23H22N2O3/c1-28-20-13-3-2-7-16(20)10-6-14-24-21(26)15-25-19-12-5-9-17-8-4-11-18(22(17)19)23(25)27/h2-5,7-9,11-13H,6,10,14-15H2,1H3,(H,24,26). The highest BCUT2D eigenvalue weighted by Gasteiger charge is 2.30. The van der Waals surface area contributed by atoms with E-state index in [-0.39, 0.29) is 18.4 Å². The Labute approximate surface area is 163 Å². The zero-order valence-corrected chi connectivity index (χ0v) is 15.8. The van der Waals surface area contributed by atoms with Gasteiger partial charge in [0, 0.05) is 17.5 Å². The molecule has 1 aliphatic rings. The van der Waals surface area contributed by atoms with E-state index in [2.05, 4.69) is 5.32 Å². The Morgan fingerprint density at radius 3 is 2.64 bits per heavy atom. The zero-order chi connectivity index (χ0) is 19.5. The third-order valence-corrected chi connectivity index (χ3v) is 5.09. The van der Waals surface area contributed by atoms with Crippen LogP contribution in [-0.4, -0.2) is 32.0 Å². The number of nitrogens with zero attached hydrogens (tertiary/aromatic N) is 1. The molecular weight excluding hydrogens is 352 g/mol. The van der Waals surface area contributed by atoms with Gasteiger partial charge in [0.25, 0.3) is 5.91 Å². The quantitative estimate of drug-likeness (QED) is 0.644. The monoisotopic (exact) mass is 374 g/mol. The van der Waals surface area contributed by atoms with Gasteiger partial charge in [-0.1, -0.05) is 42.5 Å². The van der Waals surface area contributed by atoms with Crippen molar-refractivity contribution < 1.29 is 14.3 Å². The van der Waals surface area contributed by atoms with Gasteiger partial charge in [0.05, 0.1) is 12.8 Å². The minimum absolute atomic E-state index is 0.0291. The number of carbonyl (C=O) groups excluding carboxylic acids is 2. The summed E-state index contributed by atoms with van der Waals surface area (Å²) in [5.41, 5.74) is 2.59. The van der Waals surface area contributed by atoms with Crippen molar-refractivity contribution in [1.29, 1.82) is 0 Å². The van der Waals surface area contributed by atoms with E-state index in [9.17, 15) is 9.59 Å². The Hall–Kier alpha value is -3.34. The molecular formula is C23H22N2O3. The van der Waals surface area contributed by atoms with Crippen LogP contribution >= 0.6 is 0 Å². The maximum absolute atomic E-state index is 12.7. The van der Waals surface area contributed by atoms with Crippen molar-refractivity contribution in [2.45, 2.75) is 12.8 Å². The summed E-state index contributed by atoms with van der Waals surface area (Å²) >= 11 is 0. The second-order valence-electron chi connectivity index (χ2n) is 6.84. The first-order valence-corrected chi connectivity index (χ1v) is 9.41. The molecule has 0 aliphatic carbocycles. The van der Waals surface area contributed by atoms with Crippen LogP contribution in [0.15, 0.2) is 60.7 Å². The number of rotatable bonds is 7. The van der Waals surface area contributed by atoms with Gasteiger partial charge in [-0.05, 0) is 42.0 Å². The number of para-hydroxylation sites is 1. The van der Waals surface area contributed by atoms with Crippen molar-refractivity contribution in [3.63, 3.8) is 0 Å². The number of hydrogen-bond donors (Lipinski definition) is 1. The van der Waals surface area contributed by atoms with Gasteiger partial charge < -0.3 is 10.1 Å². The van der Waals surface area contributed by atoms with E-state index < -0.39 is 0 Å². The van der Waals surface area contributed by atoms with Crippen molar-refractivity contribution in [3.8, 4) is 5.75 Å². The molecule has 4 rings (SSSR count). The van der Waals surface area contributed by atoms with Crippen molar-refractivity contribution in [1.82, 2.24) is 5.32 Å². The lowest BCUT2D eigenvalue weighted by Crippen LogP contribution is -2.39. The number of ether oxygens (including phenoxy) is 1. The molecule has 3 aromatic rings. The third kappa shape index (κ3) is 3.31. The fraction of sp³-hybridized carbons (Fsp3) is 0.217. The molecule has 0 spiro atoms. The maximum Gasteiger partial charge on any atom is 0.259 e. The average molecular weight is 374 g/mol. The van der Waals surface area contributed by atoms with Gasteiger partial charge in [0.2, 0.25) is 5.91 Å². The molecule has 0 saturated carbocycles. The van der Waals surface area contributed by atoms with Crippen LogP contribution in [0.5, 0.6) is 5.75 Å². The topological polar surface area (TPSA) is 58.6 Å². The first-order chi connectivity index (χ1) is 13.7. The normalized spacial score (nSPS) is 12.5. The highest BCUT2D eigenvalue weighted by Crippen LogP contribution is 2.36. The third-order valence-electron chi connectivity index (χ3n) is 5.09. The lowest BCUT2D eigenvalue weighted by Gasteiger charge is -2.17. The first-order valence-electron chi connectivity index (χ1n) is 9.41. The summed E-state index contributed by atoms with van der Waals surface area (Å²) in [6.45, 7) is 0.581. The molecule has 2 amide bonds. The summed E-state index contributed by atoms with van der Waals surface area (Å²) in [5.74, 6) is 0.594. The van der Waals surface area contributed by atoms with E-state index in [1.54, 1.807) is 12.0 Å². The number of anilines is 1. The lowest BCUT2D eigenvalue weighted by atomic mass is 10.1. The number of methoxy groups -OCH3 is 1. The van der Waals surface area contributed by atoms with Crippen molar-refractivity contribution in [2.75, 3.05) is 25.1 Å². The van der Waals surface area contributed by atoms with Crippen LogP contribution in [0.1, 0.15) is 22.3 Å². The fourth-order valence-electron chi connectivity index (χ4n) is 3.75. The Morgan fingerprint density at radius 1 is 1.04 bits per heavy atom. The van der Waals surface area contributed by atoms with Gasteiger partial charge in [-0.15, -0.1) is 0 Å². The SMILES string of the molecule is COc1ccccc1CCCNC(=O)CN1C(=O)c2cccc3cccc1c23. The zero-order valence-electron chi connectivity index (χ0n) is 15.8. The minimum atomic E-state index is -0.154. The van der Waals surface area contributed by atoms with Crippen molar-refractivity contribution in [3.05, 3.63) is 71.8 Å². The number of carbonyl (C=O) groups is 2. The number of amides is 2. The Kier molecular flexibility index (Phi) is 4.98. The van der Waals surface area contributed by atoms with Crippen molar-refractivity contribution in [2.24, 2.45) is 0 Å². The highest BCUT2D eigenvalue weighted by atomic mass is 16.5. The van der Waals surface area contributed by atoms with Gasteiger partial charge in [0.1, 0.15) is 12.3 Å². The number of aryl methyl sites for hydroxylation is 1. The van der Waals surface area contributed by atoms with E-state index in [0.717, 1.165) is 40.6 Å². The highest BCUT2D eigenvalue weighted by molar-refractivity contribution is 6.26. The fourth-order valence-corrected chi connectivity index (χ4v) is 3.75. The van der Waals surface area contributed by atoms with Gasteiger partial charge in [-0.3, -0.25) is 14.5 Å². The molecule has 0 radical (unpaired) electrons. The second kappa shape index (κ2) is 7.72. The molecule has 28 heavy (non-hydrogen) atoms. The summed E-state index contributed by atoms with van der Waals surface area (Å²) in [6, 6.07) is 19.4. The molecule has 1 heterocycles. The average Bonchev–Trinajstić information content (AvgIpc) is 2.99. The van der Waals surface area contributed by atoms with E-state index in [0.29, 0.717) is 12.1 Å². The van der Waals surface area contributed by atoms with E-state index >= 15 is 0 Å². The predicted molar refractivity (Wildman–Crippen MR) is 110 cm³/mol. The summed E-state index contributed by atoms with van der Waals surface area (Å²) in [5, 5.41) is 4.87. The number of benzene rings is 3. The first kappa shape index (κ1) is 18.0. The van der Waals surface area contributed by atoms with Gasteiger partial charge in [0.15, 0.2) is 0 Å². The minimum Gasteiger partial charge on any atom is -0.496 e. The molecule has 0 fully saturated rings. The smallest absolute Gasteiger partial charge is 0.259 e. The summed E-state index contributed by atoms with van der Waals surface area (Å²) in [6.07, 6.45) is 1.62. The molecule has 0 bridgehead atoms. The van der Waals surface area contributed by atoms with E-state index in [1.807, 2.05) is 60.7 Å². The summed E-state index contributed by atoms with van der Waals surface area (Å²) in [7, 11) is 1.66. The molecule has 0 atom stereocenters. The second-order valence-corrected chi connectivity index (χ2v) is 6.84. The largest absolute Gasteiger partial charge is 0.496 e. The summed E-state index contributed by atoms with van der Waals surface area (Å²) < 4.78 is 5.35. The number of nitrogens with one attached hydrogen (secondary N) is 1. The van der Waals surface area contributed by atoms with E-state index in [1.165, 1.54) is 0 Å². The molecule has 5 heteroatoms. The molecule has 0 unspecified atom stereocenters. The Balaban J connectivity index is 1.35. The van der Waals surface area contributed by atoms with Crippen LogP contribution in [0.25, 0.3) is 10.8 Å².